The SMILES string of the molecule is C=C(CO)[C@H]1CC[C@H]2[C@@H]3CC=C4C[C@](O)(C#CC5CC5)CC[C@@H]4[C@H]3CC[C@]12C. The van der Waals surface area contributed by atoms with Gasteiger partial charge in [0.1, 0.15) is 5.60 Å². The van der Waals surface area contributed by atoms with Gasteiger partial charge in [0, 0.05) is 12.3 Å². The molecule has 5 rings (SSSR count). The Bertz CT molecular complexity index is 750. The molecule has 0 aromatic rings. The second kappa shape index (κ2) is 6.75. The summed E-state index contributed by atoms with van der Waals surface area (Å²) < 4.78 is 0. The summed E-state index contributed by atoms with van der Waals surface area (Å²) >= 11 is 0. The summed E-state index contributed by atoms with van der Waals surface area (Å²) in [6, 6.07) is 0. The van der Waals surface area contributed by atoms with E-state index < -0.39 is 5.60 Å². The minimum Gasteiger partial charge on any atom is -0.392 e. The maximum Gasteiger partial charge on any atom is 0.129 e. The van der Waals surface area contributed by atoms with Crippen molar-refractivity contribution in [2.75, 3.05) is 6.61 Å². The van der Waals surface area contributed by atoms with Gasteiger partial charge in [0.15, 0.2) is 0 Å². The highest BCUT2D eigenvalue weighted by molar-refractivity contribution is 5.29. The fourth-order valence-electron chi connectivity index (χ4n) is 7.64. The van der Waals surface area contributed by atoms with E-state index in [0.717, 1.165) is 42.6 Å². The highest BCUT2D eigenvalue weighted by Gasteiger charge is 2.56. The smallest absolute Gasteiger partial charge is 0.129 e. The number of rotatable bonds is 2. The highest BCUT2D eigenvalue weighted by Crippen LogP contribution is 2.64. The van der Waals surface area contributed by atoms with Gasteiger partial charge in [-0.3, -0.25) is 0 Å². The Kier molecular flexibility index (Phi) is 4.57. The van der Waals surface area contributed by atoms with E-state index in [1.807, 2.05) is 0 Å². The summed E-state index contributed by atoms with van der Waals surface area (Å²) in [4.78, 5) is 0. The monoisotopic (exact) mass is 380 g/mol. The fourth-order valence-corrected chi connectivity index (χ4v) is 7.64. The predicted molar refractivity (Wildman–Crippen MR) is 112 cm³/mol. The number of aliphatic hydroxyl groups excluding tert-OH is 1. The Labute approximate surface area is 170 Å². The van der Waals surface area contributed by atoms with Crippen molar-refractivity contribution in [1.29, 1.82) is 0 Å². The van der Waals surface area contributed by atoms with E-state index in [4.69, 9.17) is 0 Å². The van der Waals surface area contributed by atoms with Gasteiger partial charge in [0.05, 0.1) is 6.61 Å². The molecule has 5 aliphatic carbocycles. The second-order valence-corrected chi connectivity index (χ2v) is 10.8. The molecule has 28 heavy (non-hydrogen) atoms. The van der Waals surface area contributed by atoms with E-state index in [-0.39, 0.29) is 6.61 Å². The van der Waals surface area contributed by atoms with Crippen LogP contribution in [0.2, 0.25) is 0 Å². The predicted octanol–water partition coefficient (Wildman–Crippen LogP) is 4.87. The van der Waals surface area contributed by atoms with Crippen molar-refractivity contribution in [1.82, 2.24) is 0 Å². The molecule has 0 heterocycles. The highest BCUT2D eigenvalue weighted by atomic mass is 16.3. The van der Waals surface area contributed by atoms with Gasteiger partial charge in [-0.25, -0.2) is 0 Å². The zero-order valence-electron chi connectivity index (χ0n) is 17.4. The standard InChI is InChI=1S/C26H36O2/c1-17(16-27)23-7-8-24-22-6-5-19-15-26(28,13-9-18-3-4-18)14-11-20(19)21(22)10-12-25(23,24)2/h5,18,20-24,27-28H,1,3-4,6-8,10-12,14-16H2,2H3/t20-,21+,22+,23+,24-,25+,26-/m0/s1. The minimum absolute atomic E-state index is 0.147. The van der Waals surface area contributed by atoms with Crippen LogP contribution < -0.4 is 0 Å². The van der Waals surface area contributed by atoms with Gasteiger partial charge in [0.2, 0.25) is 0 Å². The lowest BCUT2D eigenvalue weighted by atomic mass is 9.51. The number of fused-ring (bicyclic) bond motifs is 5. The van der Waals surface area contributed by atoms with Gasteiger partial charge in [-0.1, -0.05) is 37.0 Å². The van der Waals surface area contributed by atoms with Crippen molar-refractivity contribution in [3.05, 3.63) is 23.8 Å². The van der Waals surface area contributed by atoms with Crippen molar-refractivity contribution in [2.24, 2.45) is 40.9 Å². The third kappa shape index (κ3) is 3.01. The van der Waals surface area contributed by atoms with Crippen molar-refractivity contribution in [3.8, 4) is 11.8 Å². The van der Waals surface area contributed by atoms with Gasteiger partial charge < -0.3 is 10.2 Å². The van der Waals surface area contributed by atoms with E-state index in [1.54, 1.807) is 0 Å². The van der Waals surface area contributed by atoms with E-state index in [2.05, 4.69) is 31.4 Å². The van der Waals surface area contributed by atoms with Crippen LogP contribution in [0.1, 0.15) is 71.1 Å². The summed E-state index contributed by atoms with van der Waals surface area (Å²) in [5.74, 6) is 10.7. The van der Waals surface area contributed by atoms with Crippen LogP contribution in [0.3, 0.4) is 0 Å². The third-order valence-corrected chi connectivity index (χ3v) is 9.29. The van der Waals surface area contributed by atoms with Crippen LogP contribution in [-0.2, 0) is 0 Å². The summed E-state index contributed by atoms with van der Waals surface area (Å²) in [6.45, 7) is 6.84. The van der Waals surface area contributed by atoms with Crippen molar-refractivity contribution in [3.63, 3.8) is 0 Å². The molecule has 0 spiro atoms. The molecule has 2 N–H and O–H groups in total. The van der Waals surface area contributed by atoms with Crippen molar-refractivity contribution < 1.29 is 10.2 Å². The molecule has 0 saturated heterocycles. The van der Waals surface area contributed by atoms with Crippen LogP contribution in [-0.4, -0.2) is 22.4 Å². The molecule has 0 unspecified atom stereocenters. The van der Waals surface area contributed by atoms with E-state index in [9.17, 15) is 10.2 Å². The maximum atomic E-state index is 11.0. The maximum absolute atomic E-state index is 11.0. The first-order valence-corrected chi connectivity index (χ1v) is 11.7. The molecule has 4 fully saturated rings. The fraction of sp³-hybridized carbons (Fsp3) is 0.769. The Morgan fingerprint density at radius 1 is 1.14 bits per heavy atom. The molecule has 0 bridgehead atoms. The lowest BCUT2D eigenvalue weighted by Gasteiger charge is -2.54. The Morgan fingerprint density at radius 3 is 2.71 bits per heavy atom. The van der Waals surface area contributed by atoms with E-state index >= 15 is 0 Å². The normalized spacial score (nSPS) is 47.1. The molecular weight excluding hydrogens is 344 g/mol. The Balaban J connectivity index is 1.35. The number of hydrogen-bond acceptors (Lipinski definition) is 2. The first-order valence-electron chi connectivity index (χ1n) is 11.7. The van der Waals surface area contributed by atoms with Crippen LogP contribution in [0.25, 0.3) is 0 Å². The molecule has 4 saturated carbocycles. The van der Waals surface area contributed by atoms with Crippen LogP contribution >= 0.6 is 0 Å². The average molecular weight is 381 g/mol. The molecule has 2 heteroatoms. The topological polar surface area (TPSA) is 40.5 Å². The van der Waals surface area contributed by atoms with Gasteiger partial charge in [0.25, 0.3) is 0 Å². The lowest BCUT2D eigenvalue weighted by molar-refractivity contribution is -0.0210. The van der Waals surface area contributed by atoms with Crippen molar-refractivity contribution >= 4 is 0 Å². The molecule has 152 valence electrons. The zero-order valence-corrected chi connectivity index (χ0v) is 17.4. The molecule has 0 radical (unpaired) electrons. The van der Waals surface area contributed by atoms with Crippen LogP contribution in [0.15, 0.2) is 23.8 Å². The van der Waals surface area contributed by atoms with E-state index in [1.165, 1.54) is 50.5 Å². The minimum atomic E-state index is -0.766. The first kappa shape index (κ1) is 19.0. The molecule has 2 nitrogen and oxygen atoms in total. The number of aliphatic hydroxyl groups is 2. The van der Waals surface area contributed by atoms with Crippen LogP contribution in [0, 0.1) is 52.8 Å². The average Bonchev–Trinajstić information content (AvgIpc) is 3.45. The van der Waals surface area contributed by atoms with Crippen LogP contribution in [0.5, 0.6) is 0 Å². The quantitative estimate of drug-likeness (QED) is 0.530. The molecule has 0 aromatic carbocycles. The van der Waals surface area contributed by atoms with Gasteiger partial charge in [-0.2, -0.15) is 0 Å². The second-order valence-electron chi connectivity index (χ2n) is 10.8. The molecule has 5 aliphatic rings. The Morgan fingerprint density at radius 2 is 1.96 bits per heavy atom. The molecular formula is C26H36O2. The van der Waals surface area contributed by atoms with E-state index in [0.29, 0.717) is 23.2 Å². The first-order chi connectivity index (χ1) is 13.4. The van der Waals surface area contributed by atoms with Gasteiger partial charge >= 0.3 is 0 Å². The zero-order chi connectivity index (χ0) is 19.5. The molecule has 0 aromatic heterocycles. The van der Waals surface area contributed by atoms with Crippen LogP contribution in [0.4, 0.5) is 0 Å². The molecule has 7 atom stereocenters. The third-order valence-electron chi connectivity index (χ3n) is 9.29. The summed E-state index contributed by atoms with van der Waals surface area (Å²) in [6.07, 6.45) is 14.0. The lowest BCUT2D eigenvalue weighted by Crippen LogP contribution is -2.47. The van der Waals surface area contributed by atoms with Gasteiger partial charge in [-0.15, -0.1) is 0 Å². The Hall–Kier alpha value is -1.04. The van der Waals surface area contributed by atoms with Crippen molar-refractivity contribution in [2.45, 2.75) is 76.7 Å². The molecule has 0 aliphatic heterocycles. The number of allylic oxidation sites excluding steroid dienone is 1. The summed E-state index contributed by atoms with van der Waals surface area (Å²) in [5, 5.41) is 20.7. The molecule has 0 amide bonds. The summed E-state index contributed by atoms with van der Waals surface area (Å²) in [5.41, 5.74) is 2.14. The number of hydrogen-bond donors (Lipinski definition) is 2. The largest absolute Gasteiger partial charge is 0.392 e. The summed E-state index contributed by atoms with van der Waals surface area (Å²) in [7, 11) is 0. The van der Waals surface area contributed by atoms with Gasteiger partial charge in [-0.05, 0) is 98.4 Å².